The summed E-state index contributed by atoms with van der Waals surface area (Å²) in [5.41, 5.74) is 0.534. The molecular formula is C11H13NO4S. The number of aliphatic carboxylic acids is 1. The number of amides is 1. The van der Waals surface area contributed by atoms with Gasteiger partial charge in [0, 0.05) is 21.7 Å². The van der Waals surface area contributed by atoms with Gasteiger partial charge in [0.2, 0.25) is 6.41 Å². The highest BCUT2D eigenvalue weighted by Crippen LogP contribution is 2.22. The summed E-state index contributed by atoms with van der Waals surface area (Å²) in [6, 6.07) is 0.571. The number of Topliss-reactive ketones (excluding diaryl/α,β-unsaturated/α-hetero) is 1. The van der Waals surface area contributed by atoms with Crippen molar-refractivity contribution in [1.29, 1.82) is 0 Å². The number of carboxylic acid groups (broad SMARTS) is 1. The molecule has 0 bridgehead atoms. The average molecular weight is 255 g/mol. The van der Waals surface area contributed by atoms with Crippen LogP contribution in [0.1, 0.15) is 26.5 Å². The van der Waals surface area contributed by atoms with E-state index in [9.17, 15) is 14.4 Å². The topological polar surface area (TPSA) is 83.5 Å². The van der Waals surface area contributed by atoms with Crippen LogP contribution in [0.25, 0.3) is 0 Å². The molecule has 0 aromatic carbocycles. The van der Waals surface area contributed by atoms with E-state index in [1.807, 2.05) is 13.8 Å². The molecule has 1 rings (SSSR count). The molecule has 6 heteroatoms. The van der Waals surface area contributed by atoms with Crippen LogP contribution in [0.15, 0.2) is 6.07 Å². The average Bonchev–Trinajstić information content (AvgIpc) is 2.57. The van der Waals surface area contributed by atoms with E-state index in [0.29, 0.717) is 5.56 Å². The lowest BCUT2D eigenvalue weighted by Crippen LogP contribution is -2.37. The van der Waals surface area contributed by atoms with Crippen LogP contribution < -0.4 is 5.32 Å². The number of hydrogen-bond acceptors (Lipinski definition) is 4. The molecule has 1 unspecified atom stereocenters. The molecule has 1 aromatic heterocycles. The second-order valence-electron chi connectivity index (χ2n) is 3.63. The molecule has 1 atom stereocenters. The zero-order valence-electron chi connectivity index (χ0n) is 9.52. The maximum atomic E-state index is 11.9. The van der Waals surface area contributed by atoms with E-state index in [4.69, 9.17) is 5.11 Å². The normalized spacial score (nSPS) is 11.9. The Morgan fingerprint density at radius 2 is 2.18 bits per heavy atom. The van der Waals surface area contributed by atoms with Crippen LogP contribution in [-0.2, 0) is 9.59 Å². The molecule has 0 saturated carbocycles. The summed E-state index contributed by atoms with van der Waals surface area (Å²) >= 11 is 1.49. The molecule has 1 aromatic rings. The number of thiophene rings is 1. The van der Waals surface area contributed by atoms with E-state index in [1.165, 1.54) is 11.3 Å². The molecule has 0 aliphatic carbocycles. The van der Waals surface area contributed by atoms with Crippen molar-refractivity contribution in [3.05, 3.63) is 21.4 Å². The summed E-state index contributed by atoms with van der Waals surface area (Å²) in [5, 5.41) is 10.9. The number of ketones is 1. The summed E-state index contributed by atoms with van der Waals surface area (Å²) in [6.45, 7) is 3.70. The van der Waals surface area contributed by atoms with Crippen LogP contribution in [0.4, 0.5) is 0 Å². The predicted octanol–water partition coefficient (Wildman–Crippen LogP) is 1.14. The molecule has 2 N–H and O–H groups in total. The predicted molar refractivity (Wildman–Crippen MR) is 63.4 cm³/mol. The lowest BCUT2D eigenvalue weighted by molar-refractivity contribution is -0.140. The highest BCUT2D eigenvalue weighted by atomic mass is 32.1. The van der Waals surface area contributed by atoms with Crippen molar-refractivity contribution in [2.24, 2.45) is 0 Å². The minimum absolute atomic E-state index is 0.231. The Hall–Kier alpha value is -1.69. The SMILES string of the molecule is Cc1cc(C(=O)CC(NC=O)C(=O)O)c(C)s1. The Morgan fingerprint density at radius 3 is 2.59 bits per heavy atom. The van der Waals surface area contributed by atoms with Gasteiger partial charge in [-0.3, -0.25) is 9.59 Å². The monoisotopic (exact) mass is 255 g/mol. The first kappa shape index (κ1) is 13.4. The minimum atomic E-state index is -1.21. The molecule has 0 radical (unpaired) electrons. The number of carbonyl (C=O) groups excluding carboxylic acids is 2. The standard InChI is InChI=1S/C11H13NO4S/c1-6-3-8(7(2)17-6)10(14)4-9(11(15)16)12-5-13/h3,5,9H,4H2,1-2H3,(H,12,13)(H,15,16). The third kappa shape index (κ3) is 3.39. The van der Waals surface area contributed by atoms with Crippen LogP contribution in [0.3, 0.4) is 0 Å². The van der Waals surface area contributed by atoms with Crippen molar-refractivity contribution in [2.45, 2.75) is 26.3 Å². The zero-order valence-corrected chi connectivity index (χ0v) is 10.3. The first-order chi connectivity index (χ1) is 7.95. The van der Waals surface area contributed by atoms with Gasteiger partial charge in [0.15, 0.2) is 5.78 Å². The number of aryl methyl sites for hydroxylation is 2. The quantitative estimate of drug-likeness (QED) is 0.589. The molecule has 1 heterocycles. The van der Waals surface area contributed by atoms with Gasteiger partial charge in [0.1, 0.15) is 6.04 Å². The van der Waals surface area contributed by atoms with Crippen molar-refractivity contribution in [3.63, 3.8) is 0 Å². The van der Waals surface area contributed by atoms with E-state index in [1.54, 1.807) is 6.07 Å². The van der Waals surface area contributed by atoms with Crippen molar-refractivity contribution in [2.75, 3.05) is 0 Å². The fourth-order valence-electron chi connectivity index (χ4n) is 1.50. The van der Waals surface area contributed by atoms with Crippen molar-refractivity contribution < 1.29 is 19.5 Å². The van der Waals surface area contributed by atoms with Crippen LogP contribution in [0.5, 0.6) is 0 Å². The van der Waals surface area contributed by atoms with Crippen molar-refractivity contribution in [3.8, 4) is 0 Å². The van der Waals surface area contributed by atoms with Gasteiger partial charge in [-0.05, 0) is 19.9 Å². The Balaban J connectivity index is 2.80. The maximum absolute atomic E-state index is 11.9. The molecule has 5 nitrogen and oxygen atoms in total. The smallest absolute Gasteiger partial charge is 0.326 e. The van der Waals surface area contributed by atoms with Crippen LogP contribution in [-0.4, -0.2) is 29.3 Å². The molecule has 17 heavy (non-hydrogen) atoms. The van der Waals surface area contributed by atoms with E-state index < -0.39 is 12.0 Å². The first-order valence-electron chi connectivity index (χ1n) is 4.98. The molecular weight excluding hydrogens is 242 g/mol. The highest BCUT2D eigenvalue weighted by molar-refractivity contribution is 7.12. The van der Waals surface area contributed by atoms with Crippen molar-refractivity contribution >= 4 is 29.5 Å². The number of carboxylic acids is 1. The number of rotatable bonds is 6. The number of nitrogens with one attached hydrogen (secondary N) is 1. The third-order valence-corrected chi connectivity index (χ3v) is 3.26. The van der Waals surface area contributed by atoms with Gasteiger partial charge in [-0.25, -0.2) is 4.79 Å². The van der Waals surface area contributed by atoms with E-state index in [-0.39, 0.29) is 18.6 Å². The van der Waals surface area contributed by atoms with E-state index in [0.717, 1.165) is 9.75 Å². The minimum Gasteiger partial charge on any atom is -0.480 e. The Labute approximate surface area is 102 Å². The third-order valence-electron chi connectivity index (χ3n) is 2.30. The Kier molecular flexibility index (Phi) is 4.39. The number of hydrogen-bond donors (Lipinski definition) is 2. The second-order valence-corrected chi connectivity index (χ2v) is 5.09. The summed E-state index contributed by atoms with van der Waals surface area (Å²) in [4.78, 5) is 34.7. The lowest BCUT2D eigenvalue weighted by Gasteiger charge is -2.09. The van der Waals surface area contributed by atoms with Gasteiger partial charge in [-0.15, -0.1) is 11.3 Å². The zero-order chi connectivity index (χ0) is 13.0. The first-order valence-corrected chi connectivity index (χ1v) is 5.80. The van der Waals surface area contributed by atoms with Crippen molar-refractivity contribution in [1.82, 2.24) is 5.32 Å². The fraction of sp³-hybridized carbons (Fsp3) is 0.364. The Bertz CT molecular complexity index is 452. The molecule has 0 saturated heterocycles. The van der Waals surface area contributed by atoms with Crippen LogP contribution in [0.2, 0.25) is 0 Å². The Morgan fingerprint density at radius 1 is 1.53 bits per heavy atom. The van der Waals surface area contributed by atoms with Crippen LogP contribution >= 0.6 is 11.3 Å². The lowest BCUT2D eigenvalue weighted by atomic mass is 10.0. The molecule has 0 spiro atoms. The van der Waals surface area contributed by atoms with Gasteiger partial charge in [-0.2, -0.15) is 0 Å². The summed E-state index contributed by atoms with van der Waals surface area (Å²) < 4.78 is 0. The molecule has 0 fully saturated rings. The summed E-state index contributed by atoms with van der Waals surface area (Å²) in [7, 11) is 0. The van der Waals surface area contributed by atoms with Gasteiger partial charge in [0.25, 0.3) is 0 Å². The molecule has 0 aliphatic rings. The fourth-order valence-corrected chi connectivity index (χ4v) is 2.45. The number of carbonyl (C=O) groups is 3. The molecule has 1 amide bonds. The molecule has 0 aliphatic heterocycles. The van der Waals surface area contributed by atoms with Gasteiger partial charge in [0.05, 0.1) is 0 Å². The summed E-state index contributed by atoms with van der Waals surface area (Å²) in [5.74, 6) is -1.48. The summed E-state index contributed by atoms with van der Waals surface area (Å²) in [6.07, 6.45) is 0.0584. The van der Waals surface area contributed by atoms with Gasteiger partial charge in [-0.1, -0.05) is 0 Å². The highest BCUT2D eigenvalue weighted by Gasteiger charge is 2.22. The largest absolute Gasteiger partial charge is 0.480 e. The van der Waals surface area contributed by atoms with E-state index in [2.05, 4.69) is 5.32 Å². The van der Waals surface area contributed by atoms with Gasteiger partial charge >= 0.3 is 5.97 Å². The second kappa shape index (κ2) is 5.58. The van der Waals surface area contributed by atoms with Crippen LogP contribution in [0, 0.1) is 13.8 Å². The molecule has 92 valence electrons. The maximum Gasteiger partial charge on any atom is 0.326 e. The van der Waals surface area contributed by atoms with Gasteiger partial charge < -0.3 is 10.4 Å². The van der Waals surface area contributed by atoms with E-state index >= 15 is 0 Å².